The highest BCUT2D eigenvalue weighted by Crippen LogP contribution is 2.41. The molecule has 0 amide bonds. The van der Waals surface area contributed by atoms with Gasteiger partial charge in [-0.1, -0.05) is 33.6 Å². The van der Waals surface area contributed by atoms with Crippen LogP contribution in [-0.4, -0.2) is 23.3 Å². The molecule has 3 atom stereocenters. The molecule has 0 aromatic heterocycles. The average Bonchev–Trinajstić information content (AvgIpc) is 2.99. The van der Waals surface area contributed by atoms with Crippen molar-refractivity contribution in [1.29, 1.82) is 0 Å². The molecule has 0 spiro atoms. The van der Waals surface area contributed by atoms with E-state index < -0.39 is 0 Å². The number of aliphatic hydroxyl groups is 1. The molecule has 2 heteroatoms. The monoisotopic (exact) mass is 211 g/mol. The molecule has 2 aliphatic carbocycles. The van der Waals surface area contributed by atoms with Crippen LogP contribution in [0.5, 0.6) is 0 Å². The lowest BCUT2D eigenvalue weighted by atomic mass is 9.64. The summed E-state index contributed by atoms with van der Waals surface area (Å²) >= 11 is 0. The van der Waals surface area contributed by atoms with E-state index in [1.165, 1.54) is 25.7 Å². The fourth-order valence-electron chi connectivity index (χ4n) is 2.58. The highest BCUT2D eigenvalue weighted by Gasteiger charge is 2.47. The van der Waals surface area contributed by atoms with Crippen LogP contribution in [0.1, 0.15) is 52.9 Å². The minimum Gasteiger partial charge on any atom is -0.392 e. The lowest BCUT2D eigenvalue weighted by Crippen LogP contribution is -2.61. The number of hydrogen-bond donors (Lipinski definition) is 2. The van der Waals surface area contributed by atoms with Gasteiger partial charge in [0, 0.05) is 17.5 Å². The van der Waals surface area contributed by atoms with Gasteiger partial charge in [0.25, 0.3) is 0 Å². The minimum atomic E-state index is -0.103. The zero-order valence-electron chi connectivity index (χ0n) is 10.3. The second-order valence-corrected chi connectivity index (χ2v) is 6.08. The van der Waals surface area contributed by atoms with Gasteiger partial charge in [-0.05, 0) is 25.2 Å². The predicted molar refractivity (Wildman–Crippen MR) is 62.7 cm³/mol. The summed E-state index contributed by atoms with van der Waals surface area (Å²) in [7, 11) is 0. The van der Waals surface area contributed by atoms with Crippen molar-refractivity contribution in [3.8, 4) is 0 Å². The average molecular weight is 211 g/mol. The number of rotatable bonds is 5. The molecule has 15 heavy (non-hydrogen) atoms. The number of nitrogens with one attached hydrogen (secondary N) is 1. The van der Waals surface area contributed by atoms with E-state index in [1.54, 1.807) is 0 Å². The van der Waals surface area contributed by atoms with Crippen molar-refractivity contribution in [2.24, 2.45) is 11.3 Å². The Kier molecular flexibility index (Phi) is 3.09. The highest BCUT2D eigenvalue weighted by molar-refractivity contribution is 5.02. The largest absolute Gasteiger partial charge is 0.392 e. The molecule has 2 saturated carbocycles. The van der Waals surface area contributed by atoms with E-state index in [-0.39, 0.29) is 11.5 Å². The van der Waals surface area contributed by atoms with Crippen LogP contribution in [0, 0.1) is 11.3 Å². The van der Waals surface area contributed by atoms with Gasteiger partial charge in [-0.3, -0.25) is 0 Å². The molecule has 0 aromatic carbocycles. The minimum absolute atomic E-state index is 0.0803. The third-order valence-electron chi connectivity index (χ3n) is 4.46. The van der Waals surface area contributed by atoms with Crippen molar-refractivity contribution in [1.82, 2.24) is 5.32 Å². The summed E-state index contributed by atoms with van der Waals surface area (Å²) in [5.74, 6) is 0.996. The third kappa shape index (κ3) is 2.36. The van der Waals surface area contributed by atoms with E-state index in [2.05, 4.69) is 26.1 Å². The Hall–Kier alpha value is -0.0800. The van der Waals surface area contributed by atoms with E-state index in [0.717, 1.165) is 12.3 Å². The van der Waals surface area contributed by atoms with Crippen LogP contribution in [0.4, 0.5) is 0 Å². The molecule has 0 radical (unpaired) electrons. The van der Waals surface area contributed by atoms with E-state index in [9.17, 15) is 5.11 Å². The molecule has 2 N–H and O–H groups in total. The molecule has 2 rings (SSSR count). The van der Waals surface area contributed by atoms with E-state index in [1.807, 2.05) is 0 Å². The Balaban J connectivity index is 1.79. The second-order valence-electron chi connectivity index (χ2n) is 6.08. The first-order valence-corrected chi connectivity index (χ1v) is 6.48. The van der Waals surface area contributed by atoms with Crippen molar-refractivity contribution in [3.05, 3.63) is 0 Å². The molecule has 0 bridgehead atoms. The summed E-state index contributed by atoms with van der Waals surface area (Å²) in [6.07, 6.45) is 6.28. The topological polar surface area (TPSA) is 32.3 Å². The lowest BCUT2D eigenvalue weighted by Gasteiger charge is -2.51. The van der Waals surface area contributed by atoms with Gasteiger partial charge in [0.15, 0.2) is 0 Å². The first kappa shape index (κ1) is 11.4. The molecular weight excluding hydrogens is 186 g/mol. The summed E-state index contributed by atoms with van der Waals surface area (Å²) in [4.78, 5) is 0. The molecule has 0 aliphatic heterocycles. The van der Waals surface area contributed by atoms with Crippen LogP contribution in [0.2, 0.25) is 0 Å². The van der Waals surface area contributed by atoms with Crippen molar-refractivity contribution in [2.45, 2.75) is 71.1 Å². The predicted octanol–water partition coefficient (Wildman–Crippen LogP) is 2.31. The standard InChI is InChI=1S/C13H25NO/c1-4-10(7-9-5-6-9)14-11-8-12(15)13(11,2)3/h9-12,14-15H,4-8H2,1-3H3. The van der Waals surface area contributed by atoms with Gasteiger partial charge in [0.05, 0.1) is 6.10 Å². The molecular formula is C13H25NO. The molecule has 88 valence electrons. The summed E-state index contributed by atoms with van der Waals surface area (Å²) in [5, 5.41) is 13.4. The quantitative estimate of drug-likeness (QED) is 0.731. The summed E-state index contributed by atoms with van der Waals surface area (Å²) in [5.41, 5.74) is 0.0803. The fourth-order valence-corrected chi connectivity index (χ4v) is 2.58. The van der Waals surface area contributed by atoms with Gasteiger partial charge in [-0.15, -0.1) is 0 Å². The zero-order chi connectivity index (χ0) is 11.1. The Morgan fingerprint density at radius 3 is 2.47 bits per heavy atom. The van der Waals surface area contributed by atoms with Gasteiger partial charge in [0.2, 0.25) is 0 Å². The molecule has 3 unspecified atom stereocenters. The maximum absolute atomic E-state index is 9.69. The van der Waals surface area contributed by atoms with Crippen molar-refractivity contribution >= 4 is 0 Å². The maximum atomic E-state index is 9.69. The summed E-state index contributed by atoms with van der Waals surface area (Å²) in [6.45, 7) is 6.60. The SMILES string of the molecule is CCC(CC1CC1)NC1CC(O)C1(C)C. The third-order valence-corrected chi connectivity index (χ3v) is 4.46. The van der Waals surface area contributed by atoms with Crippen LogP contribution in [0.25, 0.3) is 0 Å². The highest BCUT2D eigenvalue weighted by atomic mass is 16.3. The first-order valence-electron chi connectivity index (χ1n) is 6.48. The molecule has 0 heterocycles. The van der Waals surface area contributed by atoms with Gasteiger partial charge in [0.1, 0.15) is 0 Å². The van der Waals surface area contributed by atoms with Gasteiger partial charge in [-0.25, -0.2) is 0 Å². The second kappa shape index (κ2) is 4.06. The smallest absolute Gasteiger partial charge is 0.0621 e. The summed E-state index contributed by atoms with van der Waals surface area (Å²) < 4.78 is 0. The van der Waals surface area contributed by atoms with Crippen LogP contribution < -0.4 is 5.32 Å². The fraction of sp³-hybridized carbons (Fsp3) is 1.00. The van der Waals surface area contributed by atoms with E-state index >= 15 is 0 Å². The lowest BCUT2D eigenvalue weighted by molar-refractivity contribution is -0.0764. The Labute approximate surface area is 93.5 Å². The van der Waals surface area contributed by atoms with Crippen molar-refractivity contribution in [3.63, 3.8) is 0 Å². The van der Waals surface area contributed by atoms with Crippen LogP contribution in [0.3, 0.4) is 0 Å². The number of hydrogen-bond acceptors (Lipinski definition) is 2. The Bertz CT molecular complexity index is 223. The molecule has 0 aromatic rings. The van der Waals surface area contributed by atoms with Crippen LogP contribution in [-0.2, 0) is 0 Å². The zero-order valence-corrected chi connectivity index (χ0v) is 10.3. The van der Waals surface area contributed by atoms with Crippen LogP contribution >= 0.6 is 0 Å². The number of aliphatic hydroxyl groups excluding tert-OH is 1. The van der Waals surface area contributed by atoms with Crippen molar-refractivity contribution in [2.75, 3.05) is 0 Å². The van der Waals surface area contributed by atoms with Gasteiger partial charge < -0.3 is 10.4 Å². The van der Waals surface area contributed by atoms with Gasteiger partial charge in [-0.2, -0.15) is 0 Å². The first-order chi connectivity index (χ1) is 7.04. The Morgan fingerprint density at radius 1 is 1.40 bits per heavy atom. The maximum Gasteiger partial charge on any atom is 0.0621 e. The summed E-state index contributed by atoms with van der Waals surface area (Å²) in [6, 6.07) is 1.20. The normalized spacial score (nSPS) is 36.0. The van der Waals surface area contributed by atoms with E-state index in [4.69, 9.17) is 0 Å². The van der Waals surface area contributed by atoms with Gasteiger partial charge >= 0.3 is 0 Å². The van der Waals surface area contributed by atoms with Crippen LogP contribution in [0.15, 0.2) is 0 Å². The molecule has 2 fully saturated rings. The molecule has 2 aliphatic rings. The molecule has 0 saturated heterocycles. The van der Waals surface area contributed by atoms with E-state index in [0.29, 0.717) is 12.1 Å². The Morgan fingerprint density at radius 2 is 2.07 bits per heavy atom. The van der Waals surface area contributed by atoms with Crippen molar-refractivity contribution < 1.29 is 5.11 Å². The molecule has 2 nitrogen and oxygen atoms in total.